The van der Waals surface area contributed by atoms with Crippen LogP contribution in [-0.4, -0.2) is 28.9 Å². The summed E-state index contributed by atoms with van der Waals surface area (Å²) >= 11 is 5.82. The minimum Gasteiger partial charge on any atom is -0.370 e. The molecule has 8 heteroatoms. The fourth-order valence-electron chi connectivity index (χ4n) is 2.43. The van der Waals surface area contributed by atoms with Crippen molar-refractivity contribution in [1.82, 2.24) is 4.98 Å². The van der Waals surface area contributed by atoms with E-state index in [0.29, 0.717) is 25.3 Å². The highest BCUT2D eigenvalue weighted by Gasteiger charge is 2.26. The summed E-state index contributed by atoms with van der Waals surface area (Å²) in [4.78, 5) is 27.3. The lowest BCUT2D eigenvalue weighted by Crippen LogP contribution is -2.36. The zero-order valence-electron chi connectivity index (χ0n) is 10.8. The van der Waals surface area contributed by atoms with E-state index in [2.05, 4.69) is 4.98 Å². The van der Waals surface area contributed by atoms with Gasteiger partial charge in [0.25, 0.3) is 0 Å². The zero-order chi connectivity index (χ0) is 14.7. The SMILES string of the molecule is NC(=O)CC1CCN(c2nc(Cl)ccc2[N+](=O)[O-])CC1. The number of halogens is 1. The number of nitro groups is 1. The van der Waals surface area contributed by atoms with Crippen LogP contribution in [0, 0.1) is 16.0 Å². The number of hydrogen-bond acceptors (Lipinski definition) is 5. The number of pyridine rings is 1. The van der Waals surface area contributed by atoms with Crippen LogP contribution in [0.3, 0.4) is 0 Å². The third-order valence-electron chi connectivity index (χ3n) is 3.42. The molecule has 1 aliphatic rings. The van der Waals surface area contributed by atoms with Crippen LogP contribution in [0.2, 0.25) is 5.15 Å². The predicted octanol–water partition coefficient (Wildman–Crippen LogP) is 1.73. The number of hydrogen-bond donors (Lipinski definition) is 1. The van der Waals surface area contributed by atoms with E-state index in [-0.39, 0.29) is 22.7 Å². The summed E-state index contributed by atoms with van der Waals surface area (Å²) in [5.41, 5.74) is 5.13. The Balaban J connectivity index is 2.12. The monoisotopic (exact) mass is 298 g/mol. The number of amides is 1. The number of primary amides is 1. The second-order valence-electron chi connectivity index (χ2n) is 4.83. The lowest BCUT2D eigenvalue weighted by molar-refractivity contribution is -0.384. The van der Waals surface area contributed by atoms with Crippen LogP contribution < -0.4 is 10.6 Å². The average molecular weight is 299 g/mol. The highest BCUT2D eigenvalue weighted by Crippen LogP contribution is 2.31. The molecule has 1 aliphatic heterocycles. The molecule has 2 rings (SSSR count). The van der Waals surface area contributed by atoms with E-state index in [1.807, 2.05) is 4.90 Å². The molecular formula is C12H15ClN4O3. The molecule has 0 atom stereocenters. The number of anilines is 1. The first-order valence-electron chi connectivity index (χ1n) is 6.31. The molecule has 0 aromatic carbocycles. The second-order valence-corrected chi connectivity index (χ2v) is 5.22. The van der Waals surface area contributed by atoms with Gasteiger partial charge in [-0.05, 0) is 24.8 Å². The number of nitrogens with two attached hydrogens (primary N) is 1. The molecule has 0 saturated carbocycles. The molecule has 1 amide bonds. The third kappa shape index (κ3) is 3.36. The van der Waals surface area contributed by atoms with Gasteiger partial charge in [-0.3, -0.25) is 14.9 Å². The normalized spacial score (nSPS) is 16.1. The van der Waals surface area contributed by atoms with Crippen molar-refractivity contribution < 1.29 is 9.72 Å². The summed E-state index contributed by atoms with van der Waals surface area (Å²) in [6.45, 7) is 1.21. The van der Waals surface area contributed by atoms with Crippen molar-refractivity contribution in [3.63, 3.8) is 0 Å². The first kappa shape index (κ1) is 14.5. The van der Waals surface area contributed by atoms with Crippen molar-refractivity contribution in [1.29, 1.82) is 0 Å². The summed E-state index contributed by atoms with van der Waals surface area (Å²) in [6, 6.07) is 2.77. The molecule has 2 N–H and O–H groups in total. The van der Waals surface area contributed by atoms with E-state index in [4.69, 9.17) is 17.3 Å². The average Bonchev–Trinajstić information content (AvgIpc) is 2.38. The van der Waals surface area contributed by atoms with Gasteiger partial charge in [0.2, 0.25) is 11.7 Å². The van der Waals surface area contributed by atoms with Crippen LogP contribution >= 0.6 is 11.6 Å². The van der Waals surface area contributed by atoms with E-state index in [1.54, 1.807) is 0 Å². The van der Waals surface area contributed by atoms with Crippen molar-refractivity contribution in [2.75, 3.05) is 18.0 Å². The van der Waals surface area contributed by atoms with Crippen molar-refractivity contribution in [3.05, 3.63) is 27.4 Å². The van der Waals surface area contributed by atoms with Crippen LogP contribution in [0.25, 0.3) is 0 Å². The summed E-state index contributed by atoms with van der Waals surface area (Å²) < 4.78 is 0. The Kier molecular flexibility index (Phi) is 4.39. The topological polar surface area (TPSA) is 102 Å². The summed E-state index contributed by atoms with van der Waals surface area (Å²) in [7, 11) is 0. The van der Waals surface area contributed by atoms with Crippen molar-refractivity contribution >= 4 is 29.0 Å². The maximum atomic E-state index is 11.0. The van der Waals surface area contributed by atoms with Crippen molar-refractivity contribution in [2.45, 2.75) is 19.3 Å². The Labute approximate surface area is 120 Å². The lowest BCUT2D eigenvalue weighted by Gasteiger charge is -2.32. The number of aromatic nitrogens is 1. The van der Waals surface area contributed by atoms with Gasteiger partial charge in [-0.2, -0.15) is 0 Å². The molecule has 1 fully saturated rings. The summed E-state index contributed by atoms with van der Waals surface area (Å²) in [5.74, 6) is 0.220. The second kappa shape index (κ2) is 6.04. The number of carbonyl (C=O) groups is 1. The van der Waals surface area contributed by atoms with E-state index < -0.39 is 4.92 Å². The quantitative estimate of drug-likeness (QED) is 0.518. The zero-order valence-corrected chi connectivity index (χ0v) is 11.5. The van der Waals surface area contributed by atoms with Gasteiger partial charge in [0.1, 0.15) is 5.15 Å². The molecule has 108 valence electrons. The Morgan fingerprint density at radius 3 is 2.70 bits per heavy atom. The molecule has 1 saturated heterocycles. The molecule has 0 bridgehead atoms. The molecule has 1 aromatic heterocycles. The fourth-order valence-corrected chi connectivity index (χ4v) is 2.57. The highest BCUT2D eigenvalue weighted by molar-refractivity contribution is 6.29. The van der Waals surface area contributed by atoms with E-state index >= 15 is 0 Å². The summed E-state index contributed by atoms with van der Waals surface area (Å²) in [5, 5.41) is 11.2. The number of nitrogens with zero attached hydrogens (tertiary/aromatic N) is 3. The van der Waals surface area contributed by atoms with Crippen LogP contribution in [0.1, 0.15) is 19.3 Å². The molecular weight excluding hydrogens is 284 g/mol. The Morgan fingerprint density at radius 1 is 1.50 bits per heavy atom. The number of carbonyl (C=O) groups excluding carboxylic acids is 1. The lowest BCUT2D eigenvalue weighted by atomic mass is 9.93. The molecule has 0 aliphatic carbocycles. The van der Waals surface area contributed by atoms with E-state index in [0.717, 1.165) is 12.8 Å². The minimum atomic E-state index is -0.464. The van der Waals surface area contributed by atoms with Crippen LogP contribution in [-0.2, 0) is 4.79 Å². The largest absolute Gasteiger partial charge is 0.370 e. The van der Waals surface area contributed by atoms with Crippen molar-refractivity contribution in [3.8, 4) is 0 Å². The molecule has 0 radical (unpaired) electrons. The van der Waals surface area contributed by atoms with Gasteiger partial charge in [0, 0.05) is 25.6 Å². The third-order valence-corrected chi connectivity index (χ3v) is 3.63. The Hall–Kier alpha value is -1.89. The molecule has 7 nitrogen and oxygen atoms in total. The van der Waals surface area contributed by atoms with Gasteiger partial charge >= 0.3 is 5.69 Å². The van der Waals surface area contributed by atoms with Gasteiger partial charge in [-0.1, -0.05) is 11.6 Å². The van der Waals surface area contributed by atoms with Crippen molar-refractivity contribution in [2.24, 2.45) is 11.7 Å². The molecule has 1 aromatic rings. The van der Waals surface area contributed by atoms with Gasteiger partial charge in [-0.15, -0.1) is 0 Å². The van der Waals surface area contributed by atoms with Gasteiger partial charge < -0.3 is 10.6 Å². The predicted molar refractivity (Wildman–Crippen MR) is 74.6 cm³/mol. The highest BCUT2D eigenvalue weighted by atomic mass is 35.5. The smallest absolute Gasteiger partial charge is 0.311 e. The molecule has 0 spiro atoms. The Morgan fingerprint density at radius 2 is 2.15 bits per heavy atom. The minimum absolute atomic E-state index is 0.0530. The fraction of sp³-hybridized carbons (Fsp3) is 0.500. The maximum Gasteiger partial charge on any atom is 0.311 e. The number of piperidine rings is 1. The van der Waals surface area contributed by atoms with Gasteiger partial charge in [0.05, 0.1) is 4.92 Å². The molecule has 2 heterocycles. The Bertz CT molecular complexity index is 529. The van der Waals surface area contributed by atoms with E-state index in [1.165, 1.54) is 12.1 Å². The number of rotatable bonds is 4. The molecule has 20 heavy (non-hydrogen) atoms. The van der Waals surface area contributed by atoms with Crippen LogP contribution in [0.4, 0.5) is 11.5 Å². The van der Waals surface area contributed by atoms with E-state index in [9.17, 15) is 14.9 Å². The molecule has 0 unspecified atom stereocenters. The van der Waals surface area contributed by atoms with Gasteiger partial charge in [0.15, 0.2) is 0 Å². The maximum absolute atomic E-state index is 11.0. The first-order valence-corrected chi connectivity index (χ1v) is 6.69. The summed E-state index contributed by atoms with van der Waals surface area (Å²) in [6.07, 6.45) is 1.88. The van der Waals surface area contributed by atoms with Gasteiger partial charge in [-0.25, -0.2) is 4.98 Å². The van der Waals surface area contributed by atoms with Crippen LogP contribution in [0.15, 0.2) is 12.1 Å². The standard InChI is InChI=1S/C12H15ClN4O3/c13-10-2-1-9(17(19)20)12(15-10)16-5-3-8(4-6-16)7-11(14)18/h1-2,8H,3-7H2,(H2,14,18). The van der Waals surface area contributed by atoms with Crippen LogP contribution in [0.5, 0.6) is 0 Å². The first-order chi connectivity index (χ1) is 9.47.